The van der Waals surface area contributed by atoms with E-state index >= 15 is 0 Å². The summed E-state index contributed by atoms with van der Waals surface area (Å²) in [6.45, 7) is 8.27. The molecule has 1 aromatic carbocycles. The molecule has 3 rings (SSSR count). The molecule has 0 spiro atoms. The van der Waals surface area contributed by atoms with Crippen molar-refractivity contribution in [3.05, 3.63) is 46.6 Å². The number of aryl methyl sites for hydroxylation is 1. The lowest BCUT2D eigenvalue weighted by molar-refractivity contribution is 0.0398. The minimum absolute atomic E-state index is 0.660. The molecule has 1 saturated heterocycles. The molecular formula is C19H26ClN5O. The minimum atomic E-state index is 0.660. The Morgan fingerprint density at radius 2 is 1.85 bits per heavy atom. The van der Waals surface area contributed by atoms with Crippen LogP contribution in [0.1, 0.15) is 11.3 Å². The quantitative estimate of drug-likeness (QED) is 0.739. The number of benzene rings is 1. The van der Waals surface area contributed by atoms with Gasteiger partial charge in [0.25, 0.3) is 0 Å². The molecule has 2 aromatic rings. The van der Waals surface area contributed by atoms with E-state index in [1.54, 1.807) is 0 Å². The number of nitrogens with zero attached hydrogens (tertiary/aromatic N) is 3. The first-order valence-electron chi connectivity index (χ1n) is 9.07. The molecule has 0 radical (unpaired) electrons. The van der Waals surface area contributed by atoms with Gasteiger partial charge in [-0.15, -0.1) is 0 Å². The van der Waals surface area contributed by atoms with Gasteiger partial charge in [0, 0.05) is 49.5 Å². The smallest absolute Gasteiger partial charge is 0.224 e. The van der Waals surface area contributed by atoms with Gasteiger partial charge in [-0.3, -0.25) is 4.90 Å². The van der Waals surface area contributed by atoms with Gasteiger partial charge in [-0.25, -0.2) is 4.98 Å². The normalized spacial score (nSPS) is 15.0. The average Bonchev–Trinajstić information content (AvgIpc) is 2.64. The van der Waals surface area contributed by atoms with Gasteiger partial charge in [-0.2, -0.15) is 4.98 Å². The van der Waals surface area contributed by atoms with Gasteiger partial charge in [0.1, 0.15) is 5.82 Å². The SMILES string of the molecule is Cc1cc(NCCN2CCOCC2)nc(NCCc2ccc(Cl)cc2)n1. The molecule has 1 aromatic heterocycles. The third-order valence-electron chi connectivity index (χ3n) is 4.30. The first-order chi connectivity index (χ1) is 12.7. The van der Waals surface area contributed by atoms with Crippen molar-refractivity contribution < 1.29 is 4.74 Å². The summed E-state index contributed by atoms with van der Waals surface area (Å²) in [5.41, 5.74) is 2.18. The van der Waals surface area contributed by atoms with Crippen molar-refractivity contribution in [2.45, 2.75) is 13.3 Å². The van der Waals surface area contributed by atoms with Crippen molar-refractivity contribution in [3.63, 3.8) is 0 Å². The number of ether oxygens (including phenoxy) is 1. The van der Waals surface area contributed by atoms with Crippen LogP contribution in [0.4, 0.5) is 11.8 Å². The molecule has 1 aliphatic rings. The van der Waals surface area contributed by atoms with E-state index in [9.17, 15) is 0 Å². The van der Waals surface area contributed by atoms with Crippen molar-refractivity contribution in [1.82, 2.24) is 14.9 Å². The minimum Gasteiger partial charge on any atom is -0.379 e. The zero-order valence-corrected chi connectivity index (χ0v) is 15.9. The molecule has 0 atom stereocenters. The first-order valence-corrected chi connectivity index (χ1v) is 9.45. The molecule has 7 heteroatoms. The van der Waals surface area contributed by atoms with Crippen molar-refractivity contribution in [1.29, 1.82) is 0 Å². The molecule has 0 aliphatic carbocycles. The number of halogens is 1. The monoisotopic (exact) mass is 375 g/mol. The zero-order chi connectivity index (χ0) is 18.2. The van der Waals surface area contributed by atoms with E-state index in [0.717, 1.165) is 68.9 Å². The van der Waals surface area contributed by atoms with Crippen LogP contribution in [0.25, 0.3) is 0 Å². The molecule has 26 heavy (non-hydrogen) atoms. The number of anilines is 2. The highest BCUT2D eigenvalue weighted by atomic mass is 35.5. The van der Waals surface area contributed by atoms with Crippen molar-refractivity contribution >= 4 is 23.4 Å². The fourth-order valence-corrected chi connectivity index (χ4v) is 3.00. The van der Waals surface area contributed by atoms with E-state index in [1.165, 1.54) is 5.56 Å². The Morgan fingerprint density at radius 1 is 1.08 bits per heavy atom. The molecule has 0 bridgehead atoms. The van der Waals surface area contributed by atoms with Gasteiger partial charge in [-0.05, 0) is 31.0 Å². The standard InChI is InChI=1S/C19H26ClN5O/c1-15-14-18(21-8-9-25-10-12-26-13-11-25)24-19(23-15)22-7-6-16-2-4-17(20)5-3-16/h2-5,14H,6-13H2,1H3,(H2,21,22,23,24). The average molecular weight is 376 g/mol. The molecule has 0 amide bonds. The molecule has 140 valence electrons. The third-order valence-corrected chi connectivity index (χ3v) is 4.55. The Bertz CT molecular complexity index is 689. The second-order valence-electron chi connectivity index (χ2n) is 6.40. The fourth-order valence-electron chi connectivity index (χ4n) is 2.87. The van der Waals surface area contributed by atoms with Crippen LogP contribution in [-0.2, 0) is 11.2 Å². The molecule has 0 saturated carbocycles. The number of rotatable bonds is 8. The highest BCUT2D eigenvalue weighted by Gasteiger charge is 2.09. The molecule has 0 unspecified atom stereocenters. The Hall–Kier alpha value is -1.89. The molecule has 6 nitrogen and oxygen atoms in total. The summed E-state index contributed by atoms with van der Waals surface area (Å²) in [4.78, 5) is 11.4. The lowest BCUT2D eigenvalue weighted by atomic mass is 10.1. The predicted molar refractivity (Wildman–Crippen MR) is 106 cm³/mol. The van der Waals surface area contributed by atoms with E-state index < -0.39 is 0 Å². The molecule has 1 fully saturated rings. The largest absolute Gasteiger partial charge is 0.379 e. The van der Waals surface area contributed by atoms with Gasteiger partial charge < -0.3 is 15.4 Å². The van der Waals surface area contributed by atoms with Gasteiger partial charge in [0.05, 0.1) is 13.2 Å². The zero-order valence-electron chi connectivity index (χ0n) is 15.2. The van der Waals surface area contributed by atoms with Crippen molar-refractivity contribution in [2.75, 3.05) is 56.6 Å². The topological polar surface area (TPSA) is 62.3 Å². The number of morpholine rings is 1. The predicted octanol–water partition coefficient (Wildman–Crippen LogP) is 2.84. The van der Waals surface area contributed by atoms with E-state index in [0.29, 0.717) is 5.95 Å². The van der Waals surface area contributed by atoms with Gasteiger partial charge in [0.15, 0.2) is 0 Å². The highest BCUT2D eigenvalue weighted by Crippen LogP contribution is 2.12. The Kier molecular flexibility index (Phi) is 7.05. The lowest BCUT2D eigenvalue weighted by Gasteiger charge is -2.26. The summed E-state index contributed by atoms with van der Waals surface area (Å²) in [6, 6.07) is 9.89. The van der Waals surface area contributed by atoms with Crippen LogP contribution in [0.15, 0.2) is 30.3 Å². The van der Waals surface area contributed by atoms with Gasteiger partial charge >= 0.3 is 0 Å². The molecule has 2 N–H and O–H groups in total. The maximum atomic E-state index is 5.92. The van der Waals surface area contributed by atoms with Crippen LogP contribution >= 0.6 is 11.6 Å². The Labute approximate surface area is 159 Å². The van der Waals surface area contributed by atoms with Crippen LogP contribution in [-0.4, -0.2) is 60.8 Å². The summed E-state index contributed by atoms with van der Waals surface area (Å²) < 4.78 is 5.37. The lowest BCUT2D eigenvalue weighted by Crippen LogP contribution is -2.39. The van der Waals surface area contributed by atoms with E-state index in [-0.39, 0.29) is 0 Å². The highest BCUT2D eigenvalue weighted by molar-refractivity contribution is 6.30. The summed E-state index contributed by atoms with van der Waals surface area (Å²) >= 11 is 5.92. The number of hydrogen-bond donors (Lipinski definition) is 2. The second-order valence-corrected chi connectivity index (χ2v) is 6.84. The molecule has 2 heterocycles. The Morgan fingerprint density at radius 3 is 2.62 bits per heavy atom. The second kappa shape index (κ2) is 9.71. The van der Waals surface area contributed by atoms with Gasteiger partial charge in [0.2, 0.25) is 5.95 Å². The van der Waals surface area contributed by atoms with Crippen LogP contribution in [0.5, 0.6) is 0 Å². The third kappa shape index (κ3) is 6.12. The maximum Gasteiger partial charge on any atom is 0.224 e. The van der Waals surface area contributed by atoms with E-state index in [1.807, 2.05) is 37.3 Å². The van der Waals surface area contributed by atoms with Crippen LogP contribution in [0, 0.1) is 6.92 Å². The van der Waals surface area contributed by atoms with E-state index in [2.05, 4.69) is 25.5 Å². The Balaban J connectivity index is 1.46. The summed E-state index contributed by atoms with van der Waals surface area (Å²) in [5.74, 6) is 1.52. The summed E-state index contributed by atoms with van der Waals surface area (Å²) in [7, 11) is 0. The molecular weight excluding hydrogens is 350 g/mol. The first kappa shape index (κ1) is 18.9. The number of hydrogen-bond acceptors (Lipinski definition) is 6. The van der Waals surface area contributed by atoms with E-state index in [4.69, 9.17) is 16.3 Å². The van der Waals surface area contributed by atoms with Crippen LogP contribution in [0.2, 0.25) is 5.02 Å². The van der Waals surface area contributed by atoms with Crippen LogP contribution in [0.3, 0.4) is 0 Å². The van der Waals surface area contributed by atoms with Crippen LogP contribution < -0.4 is 10.6 Å². The molecule has 1 aliphatic heterocycles. The van der Waals surface area contributed by atoms with Crippen molar-refractivity contribution in [3.8, 4) is 0 Å². The summed E-state index contributed by atoms with van der Waals surface area (Å²) in [5, 5.41) is 7.47. The van der Waals surface area contributed by atoms with Crippen molar-refractivity contribution in [2.24, 2.45) is 0 Å². The summed E-state index contributed by atoms with van der Waals surface area (Å²) in [6.07, 6.45) is 0.897. The maximum absolute atomic E-state index is 5.92. The van der Waals surface area contributed by atoms with Gasteiger partial charge in [-0.1, -0.05) is 23.7 Å². The number of aromatic nitrogens is 2. The number of nitrogens with one attached hydrogen (secondary N) is 2. The fraction of sp³-hybridized carbons (Fsp3) is 0.474.